The van der Waals surface area contributed by atoms with Crippen molar-refractivity contribution in [2.45, 2.75) is 12.3 Å². The number of hydrogen-bond acceptors (Lipinski definition) is 2. The zero-order valence-corrected chi connectivity index (χ0v) is 13.4. The first kappa shape index (κ1) is 15.3. The van der Waals surface area contributed by atoms with Gasteiger partial charge in [-0.1, -0.05) is 54.6 Å². The SMILES string of the molecule is C=CCCN(C)C(=O)OCC1c2ccccc2-c2ccccc21. The Labute approximate surface area is 137 Å². The second-order valence-corrected chi connectivity index (χ2v) is 5.80. The van der Waals surface area contributed by atoms with Crippen LogP contribution in [-0.2, 0) is 4.74 Å². The van der Waals surface area contributed by atoms with Gasteiger partial charge in [-0.25, -0.2) is 4.79 Å². The van der Waals surface area contributed by atoms with Crippen LogP contribution in [0, 0.1) is 0 Å². The van der Waals surface area contributed by atoms with Gasteiger partial charge in [-0.2, -0.15) is 0 Å². The lowest BCUT2D eigenvalue weighted by Crippen LogP contribution is -2.29. The Kier molecular flexibility index (Phi) is 4.47. The number of fused-ring (bicyclic) bond motifs is 3. The van der Waals surface area contributed by atoms with Crippen LogP contribution in [0.25, 0.3) is 11.1 Å². The quantitative estimate of drug-likeness (QED) is 0.764. The highest BCUT2D eigenvalue weighted by Gasteiger charge is 2.29. The fourth-order valence-corrected chi connectivity index (χ4v) is 3.08. The summed E-state index contributed by atoms with van der Waals surface area (Å²) in [5, 5.41) is 0. The molecule has 1 aliphatic rings. The Morgan fingerprint density at radius 2 is 1.70 bits per heavy atom. The molecule has 0 saturated carbocycles. The Bertz CT molecular complexity index is 678. The molecule has 0 unspecified atom stereocenters. The van der Waals surface area contributed by atoms with E-state index in [9.17, 15) is 4.79 Å². The highest BCUT2D eigenvalue weighted by atomic mass is 16.6. The van der Waals surface area contributed by atoms with Gasteiger partial charge in [0.2, 0.25) is 0 Å². The molecule has 1 amide bonds. The van der Waals surface area contributed by atoms with Crippen molar-refractivity contribution < 1.29 is 9.53 Å². The van der Waals surface area contributed by atoms with Gasteiger partial charge in [0, 0.05) is 19.5 Å². The van der Waals surface area contributed by atoms with Gasteiger partial charge in [-0.15, -0.1) is 6.58 Å². The van der Waals surface area contributed by atoms with Crippen molar-refractivity contribution in [3.05, 3.63) is 72.3 Å². The third-order valence-corrected chi connectivity index (χ3v) is 4.32. The van der Waals surface area contributed by atoms with E-state index in [2.05, 4.69) is 30.8 Å². The molecule has 2 aromatic rings. The first-order chi connectivity index (χ1) is 11.2. The molecular formula is C20H21NO2. The molecule has 0 bridgehead atoms. The van der Waals surface area contributed by atoms with Crippen molar-refractivity contribution in [3.63, 3.8) is 0 Å². The highest BCUT2D eigenvalue weighted by Crippen LogP contribution is 2.44. The van der Waals surface area contributed by atoms with Crippen LogP contribution in [-0.4, -0.2) is 31.2 Å². The van der Waals surface area contributed by atoms with Crippen LogP contribution in [0.3, 0.4) is 0 Å². The molecule has 23 heavy (non-hydrogen) atoms. The molecule has 1 aliphatic carbocycles. The summed E-state index contributed by atoms with van der Waals surface area (Å²) in [5.74, 6) is 0.110. The van der Waals surface area contributed by atoms with Crippen molar-refractivity contribution >= 4 is 6.09 Å². The molecule has 2 aromatic carbocycles. The molecule has 3 nitrogen and oxygen atoms in total. The van der Waals surface area contributed by atoms with E-state index in [1.165, 1.54) is 22.3 Å². The van der Waals surface area contributed by atoms with Crippen molar-refractivity contribution in [1.82, 2.24) is 4.90 Å². The molecule has 3 heteroatoms. The number of nitrogens with zero attached hydrogens (tertiary/aromatic N) is 1. The van der Waals surface area contributed by atoms with Gasteiger partial charge in [-0.05, 0) is 28.7 Å². The number of hydrogen-bond donors (Lipinski definition) is 0. The summed E-state index contributed by atoms with van der Waals surface area (Å²) in [6.07, 6.45) is 2.28. The van der Waals surface area contributed by atoms with Gasteiger partial charge in [0.05, 0.1) is 0 Å². The van der Waals surface area contributed by atoms with E-state index in [1.807, 2.05) is 24.3 Å². The molecule has 0 fully saturated rings. The van der Waals surface area contributed by atoms with Gasteiger partial charge in [-0.3, -0.25) is 0 Å². The lowest BCUT2D eigenvalue weighted by molar-refractivity contribution is 0.109. The Morgan fingerprint density at radius 1 is 1.13 bits per heavy atom. The van der Waals surface area contributed by atoms with E-state index in [-0.39, 0.29) is 12.0 Å². The van der Waals surface area contributed by atoms with Gasteiger partial charge >= 0.3 is 6.09 Å². The number of carbonyl (C=O) groups is 1. The van der Waals surface area contributed by atoms with Crippen LogP contribution in [0.15, 0.2) is 61.2 Å². The van der Waals surface area contributed by atoms with Crippen LogP contribution in [0.5, 0.6) is 0 Å². The normalized spacial score (nSPS) is 12.4. The molecule has 3 rings (SSSR count). The molecular weight excluding hydrogens is 286 g/mol. The lowest BCUT2D eigenvalue weighted by atomic mass is 9.98. The van der Waals surface area contributed by atoms with Gasteiger partial charge in [0.15, 0.2) is 0 Å². The summed E-state index contributed by atoms with van der Waals surface area (Å²) in [5.41, 5.74) is 4.94. The molecule has 0 saturated heterocycles. The smallest absolute Gasteiger partial charge is 0.409 e. The molecule has 0 radical (unpaired) electrons. The number of amides is 1. The van der Waals surface area contributed by atoms with E-state index < -0.39 is 0 Å². The predicted molar refractivity (Wildman–Crippen MR) is 92.5 cm³/mol. The summed E-state index contributed by atoms with van der Waals surface area (Å²) in [6, 6.07) is 16.7. The van der Waals surface area contributed by atoms with Crippen molar-refractivity contribution in [3.8, 4) is 11.1 Å². The summed E-state index contributed by atoms with van der Waals surface area (Å²) < 4.78 is 5.55. The number of ether oxygens (including phenoxy) is 1. The fourth-order valence-electron chi connectivity index (χ4n) is 3.08. The van der Waals surface area contributed by atoms with Crippen molar-refractivity contribution in [2.75, 3.05) is 20.2 Å². The average molecular weight is 307 g/mol. The largest absolute Gasteiger partial charge is 0.448 e. The van der Waals surface area contributed by atoms with E-state index in [1.54, 1.807) is 18.0 Å². The molecule has 0 heterocycles. The lowest BCUT2D eigenvalue weighted by Gasteiger charge is -2.19. The zero-order chi connectivity index (χ0) is 16.2. The van der Waals surface area contributed by atoms with Gasteiger partial charge in [0.1, 0.15) is 6.61 Å². The van der Waals surface area contributed by atoms with E-state index in [0.29, 0.717) is 13.2 Å². The second kappa shape index (κ2) is 6.69. The van der Waals surface area contributed by atoms with E-state index in [4.69, 9.17) is 4.74 Å². The van der Waals surface area contributed by atoms with Gasteiger partial charge in [0.25, 0.3) is 0 Å². The minimum absolute atomic E-state index is 0.110. The average Bonchev–Trinajstić information content (AvgIpc) is 2.91. The third kappa shape index (κ3) is 3.00. The molecule has 0 aromatic heterocycles. The fraction of sp³-hybridized carbons (Fsp3) is 0.250. The maximum atomic E-state index is 12.1. The summed E-state index contributed by atoms with van der Waals surface area (Å²) in [6.45, 7) is 4.66. The maximum absolute atomic E-state index is 12.1. The Hall–Kier alpha value is -2.55. The summed E-state index contributed by atoms with van der Waals surface area (Å²) in [7, 11) is 1.75. The molecule has 0 atom stereocenters. The predicted octanol–water partition coefficient (Wildman–Crippen LogP) is 4.44. The van der Waals surface area contributed by atoms with Crippen LogP contribution in [0.2, 0.25) is 0 Å². The molecule has 0 spiro atoms. The monoisotopic (exact) mass is 307 g/mol. The van der Waals surface area contributed by atoms with Crippen LogP contribution < -0.4 is 0 Å². The highest BCUT2D eigenvalue weighted by molar-refractivity contribution is 5.79. The zero-order valence-electron chi connectivity index (χ0n) is 13.4. The topological polar surface area (TPSA) is 29.5 Å². The van der Waals surface area contributed by atoms with Crippen molar-refractivity contribution in [1.29, 1.82) is 0 Å². The number of rotatable bonds is 5. The van der Waals surface area contributed by atoms with Crippen LogP contribution in [0.4, 0.5) is 4.79 Å². The van der Waals surface area contributed by atoms with E-state index >= 15 is 0 Å². The summed E-state index contributed by atoms with van der Waals surface area (Å²) >= 11 is 0. The minimum atomic E-state index is -0.284. The molecule has 0 N–H and O–H groups in total. The number of benzene rings is 2. The molecule has 118 valence electrons. The maximum Gasteiger partial charge on any atom is 0.409 e. The minimum Gasteiger partial charge on any atom is -0.448 e. The van der Waals surface area contributed by atoms with Crippen molar-refractivity contribution in [2.24, 2.45) is 0 Å². The Balaban J connectivity index is 1.76. The van der Waals surface area contributed by atoms with Crippen LogP contribution >= 0.6 is 0 Å². The third-order valence-electron chi connectivity index (χ3n) is 4.32. The van der Waals surface area contributed by atoms with Crippen LogP contribution in [0.1, 0.15) is 23.5 Å². The summed E-state index contributed by atoms with van der Waals surface area (Å²) in [4.78, 5) is 13.7. The second-order valence-electron chi connectivity index (χ2n) is 5.80. The van der Waals surface area contributed by atoms with E-state index in [0.717, 1.165) is 6.42 Å². The first-order valence-electron chi connectivity index (χ1n) is 7.89. The Morgan fingerprint density at radius 3 is 2.26 bits per heavy atom. The standard InChI is InChI=1S/C20H21NO2/c1-3-4-13-21(2)20(22)23-14-19-17-11-7-5-9-15(17)16-10-6-8-12-18(16)19/h3,5-12,19H,1,4,13-14H2,2H3. The first-order valence-corrected chi connectivity index (χ1v) is 7.89. The molecule has 0 aliphatic heterocycles. The number of carbonyl (C=O) groups excluding carboxylic acids is 1. The van der Waals surface area contributed by atoms with Gasteiger partial charge < -0.3 is 9.64 Å².